The van der Waals surface area contributed by atoms with Crippen molar-refractivity contribution in [3.63, 3.8) is 0 Å². The highest BCUT2D eigenvalue weighted by atomic mass is 35.5. The summed E-state index contributed by atoms with van der Waals surface area (Å²) in [6, 6.07) is 1.61. The maximum atomic E-state index is 12.1. The highest BCUT2D eigenvalue weighted by Crippen LogP contribution is 2.15. The van der Waals surface area contributed by atoms with E-state index in [-0.39, 0.29) is 18.1 Å². The van der Waals surface area contributed by atoms with E-state index in [1.54, 1.807) is 16.8 Å². The molecule has 0 atom stereocenters. The van der Waals surface area contributed by atoms with Gasteiger partial charge in [-0.05, 0) is 12.5 Å². The maximum Gasteiger partial charge on any atom is 0.355 e. The minimum Gasteiger partial charge on any atom is -0.476 e. The smallest absolute Gasteiger partial charge is 0.355 e. The number of hydrogen-bond acceptors (Lipinski definition) is 4. The van der Waals surface area contributed by atoms with E-state index < -0.39 is 5.97 Å². The summed E-state index contributed by atoms with van der Waals surface area (Å²) in [5, 5.41) is 14.0. The molecule has 0 unspecified atom stereocenters. The first-order chi connectivity index (χ1) is 10.0. The second-order valence-electron chi connectivity index (χ2n) is 4.35. The second-order valence-corrected chi connectivity index (χ2v) is 5.73. The monoisotopic (exact) mass is 327 g/mol. The molecule has 2 rings (SSSR count). The molecule has 6 nitrogen and oxygen atoms in total. The first kappa shape index (κ1) is 15.5. The molecule has 0 saturated carbocycles. The van der Waals surface area contributed by atoms with Crippen LogP contribution in [0.3, 0.4) is 0 Å². The Kier molecular flexibility index (Phi) is 4.98. The molecule has 112 valence electrons. The molecule has 0 fully saturated rings. The van der Waals surface area contributed by atoms with Crippen LogP contribution in [-0.4, -0.2) is 26.5 Å². The number of nitrogens with zero attached hydrogens (tertiary/aromatic N) is 2. The van der Waals surface area contributed by atoms with E-state index in [2.05, 4.69) is 10.3 Å². The third-order valence-corrected chi connectivity index (χ3v) is 3.79. The minimum atomic E-state index is -1.08. The predicted octanol–water partition coefficient (Wildman–Crippen LogP) is 2.64. The number of halogens is 1. The van der Waals surface area contributed by atoms with Gasteiger partial charge in [-0.15, -0.1) is 11.3 Å². The molecule has 21 heavy (non-hydrogen) atoms. The average Bonchev–Trinajstić information content (AvgIpc) is 3.03. The molecule has 0 aliphatic rings. The van der Waals surface area contributed by atoms with Gasteiger partial charge in [0.15, 0.2) is 5.69 Å². The number of thiazole rings is 1. The first-order valence-corrected chi connectivity index (χ1v) is 7.58. The van der Waals surface area contributed by atoms with Gasteiger partial charge in [-0.3, -0.25) is 4.79 Å². The Bertz CT molecular complexity index is 665. The summed E-state index contributed by atoms with van der Waals surface area (Å²) in [5.41, 5.74) is 0.471. The number of aromatic nitrogens is 2. The van der Waals surface area contributed by atoms with Gasteiger partial charge in [-0.25, -0.2) is 9.78 Å². The normalized spacial score (nSPS) is 10.6. The number of amides is 1. The lowest BCUT2D eigenvalue weighted by Crippen LogP contribution is -2.25. The van der Waals surface area contributed by atoms with E-state index in [9.17, 15) is 9.59 Å². The molecule has 2 heterocycles. The Balaban J connectivity index is 2.02. The summed E-state index contributed by atoms with van der Waals surface area (Å²) < 4.78 is 1.79. The molecule has 0 bridgehead atoms. The van der Waals surface area contributed by atoms with Gasteiger partial charge in [-0.1, -0.05) is 18.5 Å². The van der Waals surface area contributed by atoms with Crippen LogP contribution in [0.15, 0.2) is 17.6 Å². The van der Waals surface area contributed by atoms with Crippen molar-refractivity contribution < 1.29 is 14.7 Å². The fourth-order valence-corrected chi connectivity index (χ4v) is 2.76. The lowest BCUT2D eigenvalue weighted by Gasteiger charge is -2.07. The molecule has 2 N–H and O–H groups in total. The number of hydrogen-bond donors (Lipinski definition) is 2. The van der Waals surface area contributed by atoms with Crippen molar-refractivity contribution in [1.82, 2.24) is 14.9 Å². The Labute approximate surface area is 130 Å². The van der Waals surface area contributed by atoms with Gasteiger partial charge in [0.2, 0.25) is 0 Å². The van der Waals surface area contributed by atoms with Gasteiger partial charge in [0.25, 0.3) is 5.91 Å². The van der Waals surface area contributed by atoms with Crippen molar-refractivity contribution in [3.8, 4) is 0 Å². The molecule has 1 amide bonds. The standard InChI is InChI=1S/C13H14ClN3O3S/c1-2-3-17-6-8(14)4-10(17)12(18)15-5-11-16-9(7-21-11)13(19)20/h4,6-7H,2-3,5H2,1H3,(H,15,18)(H,19,20). The van der Waals surface area contributed by atoms with E-state index in [0.717, 1.165) is 6.42 Å². The van der Waals surface area contributed by atoms with Crippen LogP contribution in [0, 0.1) is 0 Å². The molecule has 2 aromatic heterocycles. The molecule has 0 aliphatic carbocycles. The van der Waals surface area contributed by atoms with E-state index >= 15 is 0 Å². The number of aryl methyl sites for hydroxylation is 1. The van der Waals surface area contributed by atoms with E-state index in [1.807, 2.05) is 6.92 Å². The van der Waals surface area contributed by atoms with Gasteiger partial charge in [0, 0.05) is 18.1 Å². The van der Waals surface area contributed by atoms with Crippen molar-refractivity contribution in [2.24, 2.45) is 0 Å². The van der Waals surface area contributed by atoms with Crippen molar-refractivity contribution in [2.45, 2.75) is 26.4 Å². The molecule has 0 aliphatic heterocycles. The van der Waals surface area contributed by atoms with Crippen LogP contribution in [-0.2, 0) is 13.1 Å². The lowest BCUT2D eigenvalue weighted by molar-refractivity contribution is 0.0691. The fourth-order valence-electron chi connectivity index (χ4n) is 1.83. The first-order valence-electron chi connectivity index (χ1n) is 6.32. The van der Waals surface area contributed by atoms with Crippen LogP contribution in [0.4, 0.5) is 0 Å². The van der Waals surface area contributed by atoms with Crippen molar-refractivity contribution in [1.29, 1.82) is 0 Å². The van der Waals surface area contributed by atoms with Crippen LogP contribution in [0.5, 0.6) is 0 Å². The van der Waals surface area contributed by atoms with Crippen molar-refractivity contribution in [3.05, 3.63) is 39.1 Å². The molecule has 0 aromatic carbocycles. The Hall–Kier alpha value is -1.86. The van der Waals surface area contributed by atoms with Gasteiger partial charge in [0.05, 0.1) is 11.6 Å². The number of carboxylic acid groups (broad SMARTS) is 1. The van der Waals surface area contributed by atoms with Crippen molar-refractivity contribution >= 4 is 34.8 Å². The Morgan fingerprint density at radius 2 is 2.29 bits per heavy atom. The highest BCUT2D eigenvalue weighted by molar-refractivity contribution is 7.09. The summed E-state index contributed by atoms with van der Waals surface area (Å²) in [5.74, 6) is -1.34. The minimum absolute atomic E-state index is 0.0124. The fraction of sp³-hybridized carbons (Fsp3) is 0.308. The zero-order chi connectivity index (χ0) is 15.4. The van der Waals surface area contributed by atoms with Crippen molar-refractivity contribution in [2.75, 3.05) is 0 Å². The van der Waals surface area contributed by atoms with Crippen LogP contribution in [0.2, 0.25) is 5.02 Å². The van der Waals surface area contributed by atoms with Gasteiger partial charge in [0.1, 0.15) is 10.7 Å². The SMILES string of the molecule is CCCn1cc(Cl)cc1C(=O)NCc1nc(C(=O)O)cs1. The molecular weight excluding hydrogens is 314 g/mol. The van der Waals surface area contributed by atoms with Crippen LogP contribution in [0.25, 0.3) is 0 Å². The highest BCUT2D eigenvalue weighted by Gasteiger charge is 2.14. The zero-order valence-corrected chi connectivity index (χ0v) is 12.9. The number of aromatic carboxylic acids is 1. The molecule has 0 radical (unpaired) electrons. The number of rotatable bonds is 6. The van der Waals surface area contributed by atoms with Crippen LogP contribution < -0.4 is 5.32 Å². The molecule has 8 heteroatoms. The van der Waals surface area contributed by atoms with Gasteiger partial charge in [-0.2, -0.15) is 0 Å². The van der Waals surface area contributed by atoms with E-state index in [4.69, 9.17) is 16.7 Å². The second kappa shape index (κ2) is 6.73. The number of carbonyl (C=O) groups excluding carboxylic acids is 1. The predicted molar refractivity (Wildman–Crippen MR) is 80.0 cm³/mol. The third-order valence-electron chi connectivity index (χ3n) is 2.73. The summed E-state index contributed by atoms with van der Waals surface area (Å²) in [6.45, 7) is 2.90. The van der Waals surface area contributed by atoms with Crippen LogP contribution >= 0.6 is 22.9 Å². The van der Waals surface area contributed by atoms with Crippen LogP contribution in [0.1, 0.15) is 39.3 Å². The lowest BCUT2D eigenvalue weighted by atomic mass is 10.3. The summed E-state index contributed by atoms with van der Waals surface area (Å²) in [4.78, 5) is 26.8. The van der Waals surface area contributed by atoms with E-state index in [1.165, 1.54) is 16.7 Å². The topological polar surface area (TPSA) is 84.2 Å². The average molecular weight is 328 g/mol. The number of carboxylic acids is 1. The summed E-state index contributed by atoms with van der Waals surface area (Å²) in [7, 11) is 0. The third kappa shape index (κ3) is 3.83. The maximum absolute atomic E-state index is 12.1. The molecular formula is C13H14ClN3O3S. The zero-order valence-electron chi connectivity index (χ0n) is 11.3. The van der Waals surface area contributed by atoms with Gasteiger partial charge >= 0.3 is 5.97 Å². The quantitative estimate of drug-likeness (QED) is 0.854. The molecule has 2 aromatic rings. The Morgan fingerprint density at radius 1 is 1.52 bits per heavy atom. The molecule has 0 spiro atoms. The number of nitrogens with one attached hydrogen (secondary N) is 1. The van der Waals surface area contributed by atoms with E-state index in [0.29, 0.717) is 22.3 Å². The number of carbonyl (C=O) groups is 2. The summed E-state index contributed by atoms with van der Waals surface area (Å²) >= 11 is 7.12. The van der Waals surface area contributed by atoms with Gasteiger partial charge < -0.3 is 15.0 Å². The molecule has 0 saturated heterocycles. The largest absolute Gasteiger partial charge is 0.476 e. The Morgan fingerprint density at radius 3 is 2.90 bits per heavy atom. The summed E-state index contributed by atoms with van der Waals surface area (Å²) in [6.07, 6.45) is 2.60.